The molecule has 1 aromatic rings. The molecule has 1 saturated heterocycles. The minimum atomic E-state index is -1.09. The Morgan fingerprint density at radius 1 is 1.29 bits per heavy atom. The second kappa shape index (κ2) is 4.06. The summed E-state index contributed by atoms with van der Waals surface area (Å²) < 4.78 is 5.55. The lowest BCUT2D eigenvalue weighted by molar-refractivity contribution is -0.165. The van der Waals surface area contributed by atoms with Gasteiger partial charge in [0.15, 0.2) is 5.60 Å². The van der Waals surface area contributed by atoms with Crippen molar-refractivity contribution in [1.82, 2.24) is 4.98 Å². The Hall–Kier alpha value is -1.91. The van der Waals surface area contributed by atoms with E-state index in [1.54, 1.807) is 12.3 Å². The van der Waals surface area contributed by atoms with E-state index >= 15 is 0 Å². The van der Waals surface area contributed by atoms with Crippen LogP contribution in [0.25, 0.3) is 0 Å². The van der Waals surface area contributed by atoms with Crippen LogP contribution in [0.2, 0.25) is 0 Å². The lowest BCUT2D eigenvalue weighted by Crippen LogP contribution is -2.50. The van der Waals surface area contributed by atoms with E-state index in [4.69, 9.17) is 4.74 Å². The van der Waals surface area contributed by atoms with Crippen molar-refractivity contribution in [3.63, 3.8) is 0 Å². The van der Waals surface area contributed by atoms with Crippen LogP contribution in [0.5, 0.6) is 0 Å². The molecule has 2 heterocycles. The molecule has 0 aromatic carbocycles. The Morgan fingerprint density at radius 2 is 2.00 bits per heavy atom. The highest BCUT2D eigenvalue weighted by Gasteiger charge is 2.75. The maximum absolute atomic E-state index is 12.8. The second-order valence-electron chi connectivity index (χ2n) is 6.85. The SMILES string of the molecule is Cc1ccc(NC(=O)[C@@]23CC[C@](C)(C(=O)O2)C3(C)C)nc1. The molecule has 0 spiro atoms. The molecule has 5 nitrogen and oxygen atoms in total. The number of aryl methyl sites for hydroxylation is 1. The van der Waals surface area contributed by atoms with E-state index in [9.17, 15) is 9.59 Å². The van der Waals surface area contributed by atoms with E-state index in [1.165, 1.54) is 0 Å². The summed E-state index contributed by atoms with van der Waals surface area (Å²) in [5.74, 6) is -0.0727. The predicted molar refractivity (Wildman–Crippen MR) is 77.5 cm³/mol. The zero-order valence-corrected chi connectivity index (χ0v) is 12.8. The van der Waals surface area contributed by atoms with Gasteiger partial charge in [-0.25, -0.2) is 4.98 Å². The van der Waals surface area contributed by atoms with Crippen molar-refractivity contribution in [2.24, 2.45) is 10.8 Å². The van der Waals surface area contributed by atoms with Crippen LogP contribution in [0.4, 0.5) is 5.82 Å². The first-order valence-corrected chi connectivity index (χ1v) is 7.20. The number of nitrogens with zero attached hydrogens (tertiary/aromatic N) is 1. The molecule has 1 aliphatic heterocycles. The summed E-state index contributed by atoms with van der Waals surface area (Å²) in [4.78, 5) is 29.1. The fourth-order valence-electron chi connectivity index (χ4n) is 3.51. The number of carbonyl (C=O) groups excluding carboxylic acids is 2. The minimum Gasteiger partial charge on any atom is -0.448 e. The Morgan fingerprint density at radius 3 is 2.48 bits per heavy atom. The number of hydrogen-bond acceptors (Lipinski definition) is 4. The van der Waals surface area contributed by atoms with Crippen molar-refractivity contribution in [2.75, 3.05) is 5.32 Å². The number of nitrogens with one attached hydrogen (secondary N) is 1. The summed E-state index contributed by atoms with van der Waals surface area (Å²) >= 11 is 0. The quantitative estimate of drug-likeness (QED) is 0.849. The Labute approximate surface area is 124 Å². The van der Waals surface area contributed by atoms with Crippen LogP contribution >= 0.6 is 0 Å². The largest absolute Gasteiger partial charge is 0.448 e. The zero-order chi connectivity index (χ0) is 15.5. The third-order valence-electron chi connectivity index (χ3n) is 5.60. The molecule has 112 valence electrons. The molecular formula is C16H20N2O3. The minimum absolute atomic E-state index is 0.272. The molecule has 5 heteroatoms. The lowest BCUT2D eigenvalue weighted by Gasteiger charge is -2.35. The van der Waals surface area contributed by atoms with Crippen LogP contribution in [0, 0.1) is 17.8 Å². The van der Waals surface area contributed by atoms with E-state index in [0.717, 1.165) is 5.56 Å². The summed E-state index contributed by atoms with van der Waals surface area (Å²) in [6.07, 6.45) is 2.92. The number of ether oxygens (including phenoxy) is 1. The van der Waals surface area contributed by atoms with Crippen LogP contribution in [0.1, 0.15) is 39.2 Å². The molecule has 2 fully saturated rings. The van der Waals surface area contributed by atoms with Gasteiger partial charge in [0.2, 0.25) is 0 Å². The van der Waals surface area contributed by atoms with Gasteiger partial charge in [0.25, 0.3) is 5.91 Å². The summed E-state index contributed by atoms with van der Waals surface area (Å²) in [7, 11) is 0. The van der Waals surface area contributed by atoms with Crippen molar-refractivity contribution >= 4 is 17.7 Å². The Balaban J connectivity index is 1.91. The average Bonchev–Trinajstić information content (AvgIpc) is 2.72. The molecule has 1 aromatic heterocycles. The fourth-order valence-corrected chi connectivity index (χ4v) is 3.51. The number of rotatable bonds is 2. The highest BCUT2D eigenvalue weighted by atomic mass is 16.6. The van der Waals surface area contributed by atoms with Crippen LogP contribution in [0.3, 0.4) is 0 Å². The molecule has 2 atom stereocenters. The van der Waals surface area contributed by atoms with E-state index in [0.29, 0.717) is 18.7 Å². The standard InChI is InChI=1S/C16H20N2O3/c1-10-5-6-11(17-9-10)18-12(19)16-8-7-15(4,13(20)21-16)14(16,2)3/h5-6,9H,7-8H2,1-4H3,(H,17,18,19)/t15-,16-/m1/s1. The normalized spacial score (nSPS) is 32.9. The fraction of sp³-hybridized carbons (Fsp3) is 0.562. The first-order chi connectivity index (χ1) is 9.73. The van der Waals surface area contributed by atoms with Crippen molar-refractivity contribution in [2.45, 2.75) is 46.1 Å². The average molecular weight is 288 g/mol. The maximum atomic E-state index is 12.8. The van der Waals surface area contributed by atoms with E-state index < -0.39 is 16.4 Å². The Bertz CT molecular complexity index is 623. The topological polar surface area (TPSA) is 68.3 Å². The van der Waals surface area contributed by atoms with Gasteiger partial charge in [0.05, 0.1) is 5.41 Å². The maximum Gasteiger partial charge on any atom is 0.313 e. The van der Waals surface area contributed by atoms with Gasteiger partial charge in [-0.3, -0.25) is 9.59 Å². The number of amides is 1. The van der Waals surface area contributed by atoms with Gasteiger partial charge in [0, 0.05) is 11.6 Å². The van der Waals surface area contributed by atoms with Crippen LogP contribution < -0.4 is 5.32 Å². The molecular weight excluding hydrogens is 268 g/mol. The van der Waals surface area contributed by atoms with Gasteiger partial charge < -0.3 is 10.1 Å². The third-order valence-corrected chi connectivity index (χ3v) is 5.60. The highest BCUT2D eigenvalue weighted by molar-refractivity contribution is 6.02. The van der Waals surface area contributed by atoms with Gasteiger partial charge >= 0.3 is 5.97 Å². The van der Waals surface area contributed by atoms with Gasteiger partial charge in [-0.05, 0) is 38.3 Å². The highest BCUT2D eigenvalue weighted by Crippen LogP contribution is 2.65. The number of hydrogen-bond donors (Lipinski definition) is 1. The molecule has 2 bridgehead atoms. The number of pyridine rings is 1. The van der Waals surface area contributed by atoms with Crippen LogP contribution in [-0.2, 0) is 14.3 Å². The zero-order valence-electron chi connectivity index (χ0n) is 12.8. The number of esters is 1. The summed E-state index contributed by atoms with van der Waals surface area (Å²) in [6, 6.07) is 3.63. The summed E-state index contributed by atoms with van der Waals surface area (Å²) in [5, 5.41) is 2.80. The second-order valence-corrected chi connectivity index (χ2v) is 6.85. The molecule has 2 aliphatic rings. The molecule has 0 radical (unpaired) electrons. The van der Waals surface area contributed by atoms with Crippen LogP contribution in [-0.4, -0.2) is 22.5 Å². The number of anilines is 1. The molecule has 1 amide bonds. The van der Waals surface area contributed by atoms with E-state index in [2.05, 4.69) is 10.3 Å². The number of aromatic nitrogens is 1. The van der Waals surface area contributed by atoms with Crippen molar-refractivity contribution in [3.05, 3.63) is 23.9 Å². The number of fused-ring (bicyclic) bond motifs is 2. The molecule has 1 N–H and O–H groups in total. The van der Waals surface area contributed by atoms with Gasteiger partial charge in [-0.15, -0.1) is 0 Å². The smallest absolute Gasteiger partial charge is 0.313 e. The summed E-state index contributed by atoms with van der Waals surface area (Å²) in [6.45, 7) is 7.70. The molecule has 21 heavy (non-hydrogen) atoms. The van der Waals surface area contributed by atoms with Gasteiger partial charge in [-0.1, -0.05) is 19.9 Å². The number of carbonyl (C=O) groups is 2. The molecule has 1 aliphatic carbocycles. The monoisotopic (exact) mass is 288 g/mol. The summed E-state index contributed by atoms with van der Waals surface area (Å²) in [5.41, 5.74) is -1.20. The van der Waals surface area contributed by atoms with Crippen LogP contribution in [0.15, 0.2) is 18.3 Å². The lowest BCUT2D eigenvalue weighted by atomic mass is 9.66. The van der Waals surface area contributed by atoms with Crippen molar-refractivity contribution < 1.29 is 14.3 Å². The van der Waals surface area contributed by atoms with E-state index in [-0.39, 0.29) is 11.9 Å². The molecule has 0 unspecified atom stereocenters. The van der Waals surface area contributed by atoms with Crippen molar-refractivity contribution in [3.8, 4) is 0 Å². The first kappa shape index (κ1) is 14.0. The third kappa shape index (κ3) is 1.60. The Kier molecular flexibility index (Phi) is 2.71. The van der Waals surface area contributed by atoms with Gasteiger partial charge in [-0.2, -0.15) is 0 Å². The first-order valence-electron chi connectivity index (χ1n) is 7.20. The van der Waals surface area contributed by atoms with E-state index in [1.807, 2.05) is 33.8 Å². The molecule has 1 saturated carbocycles. The molecule has 3 rings (SSSR count). The van der Waals surface area contributed by atoms with Crippen molar-refractivity contribution in [1.29, 1.82) is 0 Å². The van der Waals surface area contributed by atoms with Gasteiger partial charge in [0.1, 0.15) is 5.82 Å². The predicted octanol–water partition coefficient (Wildman–Crippen LogP) is 2.45.